The smallest absolute Gasteiger partial charge is 0.227 e. The molecule has 7 heteroatoms. The van der Waals surface area contributed by atoms with E-state index >= 15 is 0 Å². The highest BCUT2D eigenvalue weighted by Gasteiger charge is 2.11. The van der Waals surface area contributed by atoms with Crippen molar-refractivity contribution in [2.24, 2.45) is 0 Å². The van der Waals surface area contributed by atoms with Crippen LogP contribution < -0.4 is 10.1 Å². The number of aryl methyl sites for hydroxylation is 1. The number of aromatic amines is 1. The number of methoxy groups -OCH3 is 1. The summed E-state index contributed by atoms with van der Waals surface area (Å²) in [4.78, 5) is 16.5. The van der Waals surface area contributed by atoms with Gasteiger partial charge in [0.2, 0.25) is 5.95 Å². The van der Waals surface area contributed by atoms with Gasteiger partial charge in [0, 0.05) is 34.7 Å². The molecule has 4 rings (SSSR count). The molecule has 4 aromatic rings. The summed E-state index contributed by atoms with van der Waals surface area (Å²) >= 11 is 6.28. The maximum Gasteiger partial charge on any atom is 0.227 e. The fourth-order valence-corrected chi connectivity index (χ4v) is 3.12. The van der Waals surface area contributed by atoms with Crippen LogP contribution in [0.25, 0.3) is 22.6 Å². The van der Waals surface area contributed by atoms with Gasteiger partial charge in [-0.05, 0) is 31.2 Å². The van der Waals surface area contributed by atoms with Crippen LogP contribution in [0.4, 0.5) is 11.6 Å². The molecule has 2 aromatic carbocycles. The first-order valence-electron chi connectivity index (χ1n) is 8.69. The number of nitrogens with one attached hydrogen (secondary N) is 2. The molecule has 140 valence electrons. The van der Waals surface area contributed by atoms with Gasteiger partial charge in [0.05, 0.1) is 24.1 Å². The van der Waals surface area contributed by atoms with E-state index in [0.29, 0.717) is 16.7 Å². The van der Waals surface area contributed by atoms with Crippen molar-refractivity contribution >= 4 is 23.2 Å². The number of hydrogen-bond acceptors (Lipinski definition) is 5. The quantitative estimate of drug-likeness (QED) is 0.486. The van der Waals surface area contributed by atoms with Gasteiger partial charge in [-0.2, -0.15) is 0 Å². The van der Waals surface area contributed by atoms with Crippen LogP contribution in [0.1, 0.15) is 5.69 Å². The fourth-order valence-electron chi connectivity index (χ4n) is 2.88. The molecule has 0 radical (unpaired) electrons. The lowest BCUT2D eigenvalue weighted by atomic mass is 10.1. The number of rotatable bonds is 5. The van der Waals surface area contributed by atoms with Gasteiger partial charge in [-0.1, -0.05) is 29.8 Å². The summed E-state index contributed by atoms with van der Waals surface area (Å²) in [5, 5.41) is 3.86. The van der Waals surface area contributed by atoms with Gasteiger partial charge >= 0.3 is 0 Å². The van der Waals surface area contributed by atoms with Crippen LogP contribution in [0.3, 0.4) is 0 Å². The van der Waals surface area contributed by atoms with Crippen LogP contribution in [0.2, 0.25) is 5.02 Å². The number of imidazole rings is 1. The Bertz CT molecular complexity index is 1130. The van der Waals surface area contributed by atoms with E-state index < -0.39 is 0 Å². The first-order chi connectivity index (χ1) is 13.6. The molecule has 2 N–H and O–H groups in total. The van der Waals surface area contributed by atoms with E-state index in [2.05, 4.69) is 25.3 Å². The molecule has 0 atom stereocenters. The predicted molar refractivity (Wildman–Crippen MR) is 111 cm³/mol. The van der Waals surface area contributed by atoms with Crippen LogP contribution >= 0.6 is 11.6 Å². The van der Waals surface area contributed by atoms with Gasteiger partial charge in [-0.25, -0.2) is 15.0 Å². The predicted octanol–water partition coefficient (Wildman–Crippen LogP) is 5.25. The van der Waals surface area contributed by atoms with Crippen molar-refractivity contribution < 1.29 is 4.74 Å². The van der Waals surface area contributed by atoms with Gasteiger partial charge in [0.1, 0.15) is 11.6 Å². The van der Waals surface area contributed by atoms with Gasteiger partial charge in [0.15, 0.2) is 0 Å². The van der Waals surface area contributed by atoms with Crippen molar-refractivity contribution in [3.8, 4) is 28.4 Å². The molecule has 28 heavy (non-hydrogen) atoms. The molecular formula is C21H18ClN5O. The topological polar surface area (TPSA) is 75.7 Å². The summed E-state index contributed by atoms with van der Waals surface area (Å²) in [5.41, 5.74) is 4.21. The van der Waals surface area contributed by atoms with Crippen LogP contribution in [-0.2, 0) is 0 Å². The SMILES string of the molecule is COc1cc(Nc2nccc(-c3ccccc3Cl)n2)ccc1-c1nc(C)c[nH]1. The number of aromatic nitrogens is 4. The summed E-state index contributed by atoms with van der Waals surface area (Å²) in [7, 11) is 1.63. The summed E-state index contributed by atoms with van der Waals surface area (Å²) < 4.78 is 5.54. The second-order valence-electron chi connectivity index (χ2n) is 6.18. The van der Waals surface area contributed by atoms with E-state index in [0.717, 1.165) is 34.0 Å². The van der Waals surface area contributed by atoms with Crippen molar-refractivity contribution in [3.05, 3.63) is 71.6 Å². The molecule has 0 amide bonds. The van der Waals surface area contributed by atoms with E-state index in [-0.39, 0.29) is 0 Å². The summed E-state index contributed by atoms with van der Waals surface area (Å²) in [6, 6.07) is 15.2. The van der Waals surface area contributed by atoms with Crippen LogP contribution in [0.15, 0.2) is 60.9 Å². The molecule has 2 aromatic heterocycles. The molecule has 0 aliphatic rings. The zero-order valence-electron chi connectivity index (χ0n) is 15.4. The Morgan fingerprint density at radius 3 is 2.64 bits per heavy atom. The number of H-pyrrole nitrogens is 1. The highest BCUT2D eigenvalue weighted by molar-refractivity contribution is 6.33. The minimum Gasteiger partial charge on any atom is -0.496 e. The molecule has 0 aliphatic heterocycles. The Labute approximate surface area is 167 Å². The third-order valence-electron chi connectivity index (χ3n) is 4.22. The van der Waals surface area contributed by atoms with Crippen LogP contribution in [-0.4, -0.2) is 27.0 Å². The van der Waals surface area contributed by atoms with Crippen LogP contribution in [0, 0.1) is 6.92 Å². The number of benzene rings is 2. The highest BCUT2D eigenvalue weighted by Crippen LogP contribution is 2.32. The highest BCUT2D eigenvalue weighted by atomic mass is 35.5. The lowest BCUT2D eigenvalue weighted by Gasteiger charge is -2.11. The Balaban J connectivity index is 1.63. The Morgan fingerprint density at radius 1 is 1.04 bits per heavy atom. The Hall–Kier alpha value is -3.38. The molecule has 0 saturated heterocycles. The molecule has 0 bridgehead atoms. The lowest BCUT2D eigenvalue weighted by molar-refractivity contribution is 0.416. The molecule has 0 unspecified atom stereocenters. The zero-order chi connectivity index (χ0) is 19.5. The molecule has 0 saturated carbocycles. The maximum atomic E-state index is 6.28. The Morgan fingerprint density at radius 2 is 1.89 bits per heavy atom. The second-order valence-corrected chi connectivity index (χ2v) is 6.58. The van der Waals surface area contributed by atoms with Gasteiger partial charge < -0.3 is 15.0 Å². The number of hydrogen-bond donors (Lipinski definition) is 2. The van der Waals surface area contributed by atoms with Crippen molar-refractivity contribution in [1.29, 1.82) is 0 Å². The molecule has 2 heterocycles. The third-order valence-corrected chi connectivity index (χ3v) is 4.55. The summed E-state index contributed by atoms with van der Waals surface area (Å²) in [6.45, 7) is 1.94. The number of halogens is 1. The van der Waals surface area contributed by atoms with Crippen molar-refractivity contribution in [1.82, 2.24) is 19.9 Å². The molecular weight excluding hydrogens is 374 g/mol. The third kappa shape index (κ3) is 3.68. The minimum absolute atomic E-state index is 0.473. The van der Waals surface area contributed by atoms with Crippen molar-refractivity contribution in [3.63, 3.8) is 0 Å². The number of anilines is 2. The average Bonchev–Trinajstić information content (AvgIpc) is 3.14. The standard InChI is InChI=1S/C21H18ClN5O/c1-13-12-24-20(25-13)16-8-7-14(11-19(16)28-2)26-21-23-10-9-18(27-21)15-5-3-4-6-17(15)22/h3-12H,1-2H3,(H,24,25)(H,23,26,27). The zero-order valence-corrected chi connectivity index (χ0v) is 16.2. The van der Waals surface area contributed by atoms with Crippen molar-refractivity contribution in [2.75, 3.05) is 12.4 Å². The van der Waals surface area contributed by atoms with Crippen LogP contribution in [0.5, 0.6) is 5.75 Å². The molecule has 6 nitrogen and oxygen atoms in total. The maximum absolute atomic E-state index is 6.28. The van der Waals surface area contributed by atoms with E-state index in [4.69, 9.17) is 16.3 Å². The van der Waals surface area contributed by atoms with E-state index in [1.165, 1.54) is 0 Å². The van der Waals surface area contributed by atoms with Gasteiger partial charge in [-0.15, -0.1) is 0 Å². The Kier molecular flexibility index (Phi) is 4.95. The number of nitrogens with zero attached hydrogens (tertiary/aromatic N) is 3. The molecule has 0 spiro atoms. The lowest BCUT2D eigenvalue weighted by Crippen LogP contribution is -1.99. The van der Waals surface area contributed by atoms with Gasteiger partial charge in [-0.3, -0.25) is 0 Å². The van der Waals surface area contributed by atoms with E-state index in [9.17, 15) is 0 Å². The monoisotopic (exact) mass is 391 g/mol. The average molecular weight is 392 g/mol. The van der Waals surface area contributed by atoms with E-state index in [1.807, 2.05) is 61.7 Å². The number of ether oxygens (including phenoxy) is 1. The first kappa shape index (κ1) is 18.0. The minimum atomic E-state index is 0.473. The normalized spacial score (nSPS) is 10.7. The molecule has 0 fully saturated rings. The fraction of sp³-hybridized carbons (Fsp3) is 0.0952. The second kappa shape index (κ2) is 7.70. The summed E-state index contributed by atoms with van der Waals surface area (Å²) in [6.07, 6.45) is 3.56. The summed E-state index contributed by atoms with van der Waals surface area (Å²) in [5.74, 6) is 1.93. The molecule has 0 aliphatic carbocycles. The van der Waals surface area contributed by atoms with Gasteiger partial charge in [0.25, 0.3) is 0 Å². The largest absolute Gasteiger partial charge is 0.496 e. The first-order valence-corrected chi connectivity index (χ1v) is 9.07. The van der Waals surface area contributed by atoms with E-state index in [1.54, 1.807) is 13.3 Å². The van der Waals surface area contributed by atoms with Crippen molar-refractivity contribution in [2.45, 2.75) is 6.92 Å².